The van der Waals surface area contributed by atoms with Crippen LogP contribution in [0.2, 0.25) is 0 Å². The van der Waals surface area contributed by atoms with E-state index in [0.717, 1.165) is 27.8 Å². The monoisotopic (exact) mass is 420 g/mol. The van der Waals surface area contributed by atoms with Crippen molar-refractivity contribution < 1.29 is 9.21 Å². The lowest BCUT2D eigenvalue weighted by molar-refractivity contribution is -0.116. The molecule has 2 aromatic carbocycles. The van der Waals surface area contributed by atoms with Crippen molar-refractivity contribution in [3.8, 4) is 17.1 Å². The van der Waals surface area contributed by atoms with Gasteiger partial charge >= 0.3 is 0 Å². The topological polar surface area (TPSA) is 73.0 Å². The van der Waals surface area contributed by atoms with E-state index in [2.05, 4.69) is 10.3 Å². The lowest BCUT2D eigenvalue weighted by Gasteiger charge is -2.01. The summed E-state index contributed by atoms with van der Waals surface area (Å²) in [5, 5.41) is 8.62. The number of furan rings is 1. The summed E-state index contributed by atoms with van der Waals surface area (Å²) in [6, 6.07) is 23.4. The van der Waals surface area contributed by atoms with Gasteiger partial charge in [0.15, 0.2) is 5.76 Å². The number of aromatic nitrogens is 3. The maximum atomic E-state index is 12.4. The number of para-hydroxylation sites is 2. The fraction of sp³-hybridized carbons (Fsp3) is 0.0385. The van der Waals surface area contributed by atoms with Gasteiger partial charge in [-0.3, -0.25) is 9.78 Å². The number of amides is 1. The maximum absolute atomic E-state index is 12.4. The quantitative estimate of drug-likeness (QED) is 0.392. The molecule has 3 aromatic heterocycles. The van der Waals surface area contributed by atoms with E-state index in [-0.39, 0.29) is 5.91 Å². The second kappa shape index (κ2) is 8.73. The number of carbonyl (C=O) groups is 1. The second-order valence-corrected chi connectivity index (χ2v) is 7.27. The molecule has 0 aliphatic carbocycles. The van der Waals surface area contributed by atoms with Crippen LogP contribution >= 0.6 is 0 Å². The lowest BCUT2D eigenvalue weighted by Crippen LogP contribution is -2.20. The van der Waals surface area contributed by atoms with Crippen molar-refractivity contribution >= 4 is 23.0 Å². The van der Waals surface area contributed by atoms with Gasteiger partial charge in [0, 0.05) is 42.2 Å². The van der Waals surface area contributed by atoms with Crippen molar-refractivity contribution in [1.29, 1.82) is 0 Å². The van der Waals surface area contributed by atoms with Crippen LogP contribution in [-0.2, 0) is 11.3 Å². The molecule has 0 aliphatic heterocycles. The molecule has 156 valence electrons. The van der Waals surface area contributed by atoms with Gasteiger partial charge in [-0.2, -0.15) is 5.10 Å². The van der Waals surface area contributed by atoms with Crippen molar-refractivity contribution in [1.82, 2.24) is 20.1 Å². The Morgan fingerprint density at radius 2 is 1.88 bits per heavy atom. The maximum Gasteiger partial charge on any atom is 0.244 e. The Morgan fingerprint density at radius 1 is 1.03 bits per heavy atom. The minimum absolute atomic E-state index is 0.197. The van der Waals surface area contributed by atoms with E-state index < -0.39 is 0 Å². The minimum atomic E-state index is -0.197. The molecule has 5 rings (SSSR count). The third-order valence-corrected chi connectivity index (χ3v) is 5.03. The highest BCUT2D eigenvalue weighted by molar-refractivity contribution is 5.93. The highest BCUT2D eigenvalue weighted by Gasteiger charge is 2.15. The molecular weight excluding hydrogens is 400 g/mol. The first-order valence-corrected chi connectivity index (χ1v) is 10.3. The van der Waals surface area contributed by atoms with E-state index in [4.69, 9.17) is 9.52 Å². The summed E-state index contributed by atoms with van der Waals surface area (Å²) >= 11 is 0. The number of rotatable bonds is 6. The molecular formula is C26H20N4O2. The largest absolute Gasteiger partial charge is 0.454 e. The number of fused-ring (bicyclic) bond motifs is 1. The average molecular weight is 420 g/mol. The molecule has 0 aliphatic rings. The molecule has 0 radical (unpaired) electrons. The summed E-state index contributed by atoms with van der Waals surface area (Å²) in [5.41, 5.74) is 4.10. The van der Waals surface area contributed by atoms with Crippen LogP contribution in [0.1, 0.15) is 11.1 Å². The number of hydrogen-bond donors (Lipinski definition) is 1. The van der Waals surface area contributed by atoms with Gasteiger partial charge in [-0.15, -0.1) is 0 Å². The van der Waals surface area contributed by atoms with Crippen molar-refractivity contribution in [3.63, 3.8) is 0 Å². The molecule has 0 atom stereocenters. The molecule has 6 nitrogen and oxygen atoms in total. The molecule has 6 heteroatoms. The van der Waals surface area contributed by atoms with Crippen molar-refractivity contribution in [2.24, 2.45) is 0 Å². The van der Waals surface area contributed by atoms with Crippen LogP contribution in [0, 0.1) is 0 Å². The minimum Gasteiger partial charge on any atom is -0.454 e. The molecule has 0 unspecified atom stereocenters. The Morgan fingerprint density at radius 3 is 2.69 bits per heavy atom. The molecule has 0 spiro atoms. The Kier molecular flexibility index (Phi) is 5.32. The molecule has 0 fully saturated rings. The van der Waals surface area contributed by atoms with Crippen LogP contribution in [0.3, 0.4) is 0 Å². The summed E-state index contributed by atoms with van der Waals surface area (Å²) in [6.45, 7) is 0.413. The molecule has 0 saturated carbocycles. The Balaban J connectivity index is 1.45. The first-order chi connectivity index (χ1) is 15.8. The van der Waals surface area contributed by atoms with Gasteiger partial charge in [0.1, 0.15) is 11.3 Å². The molecule has 1 N–H and O–H groups in total. The van der Waals surface area contributed by atoms with Gasteiger partial charge in [0.25, 0.3) is 0 Å². The predicted octanol–water partition coefficient (Wildman–Crippen LogP) is 5.01. The molecule has 0 saturated heterocycles. The van der Waals surface area contributed by atoms with E-state index in [1.54, 1.807) is 23.2 Å². The van der Waals surface area contributed by atoms with Crippen LogP contribution in [0.25, 0.3) is 34.2 Å². The van der Waals surface area contributed by atoms with Crippen molar-refractivity contribution in [3.05, 3.63) is 109 Å². The van der Waals surface area contributed by atoms with E-state index in [1.807, 2.05) is 79.0 Å². The predicted molar refractivity (Wildman–Crippen MR) is 124 cm³/mol. The molecule has 3 heterocycles. The number of pyridine rings is 1. The number of benzene rings is 2. The number of nitrogens with zero attached hydrogens (tertiary/aromatic N) is 3. The fourth-order valence-corrected chi connectivity index (χ4v) is 3.43. The number of carbonyl (C=O) groups excluding carboxylic acids is 1. The highest BCUT2D eigenvalue weighted by atomic mass is 16.3. The van der Waals surface area contributed by atoms with Crippen LogP contribution in [-0.4, -0.2) is 20.7 Å². The summed E-state index contributed by atoms with van der Waals surface area (Å²) in [5.74, 6) is 0.452. The van der Waals surface area contributed by atoms with E-state index >= 15 is 0 Å². The van der Waals surface area contributed by atoms with Gasteiger partial charge in [-0.1, -0.05) is 42.5 Å². The van der Waals surface area contributed by atoms with Crippen LogP contribution in [0.4, 0.5) is 0 Å². The van der Waals surface area contributed by atoms with Gasteiger partial charge in [-0.05, 0) is 42.0 Å². The first kappa shape index (κ1) is 19.5. The zero-order valence-electron chi connectivity index (χ0n) is 17.2. The molecule has 32 heavy (non-hydrogen) atoms. The second-order valence-electron chi connectivity index (χ2n) is 7.27. The van der Waals surface area contributed by atoms with Crippen LogP contribution in [0.5, 0.6) is 0 Å². The molecule has 1 amide bonds. The average Bonchev–Trinajstić information content (AvgIpc) is 3.47. The van der Waals surface area contributed by atoms with Gasteiger partial charge in [0.2, 0.25) is 5.91 Å². The normalized spacial score (nSPS) is 11.2. The van der Waals surface area contributed by atoms with Crippen molar-refractivity contribution in [2.45, 2.75) is 6.54 Å². The standard InChI is InChI=1S/C26H20N4O2/c31-25(28-17-19-7-6-14-27-16-19)13-12-21-18-30(22-9-2-1-3-10-22)29-26(21)24-15-20-8-4-5-11-23(20)32-24/h1-16,18H,17H2,(H,28,31)/b13-12-. The summed E-state index contributed by atoms with van der Waals surface area (Å²) in [7, 11) is 0. The number of nitrogens with one attached hydrogen (secondary N) is 1. The molecule has 0 bridgehead atoms. The SMILES string of the molecule is O=C(/C=C\c1cn(-c2ccccc2)nc1-c1cc2ccccc2o1)NCc1cccnc1. The van der Waals surface area contributed by atoms with Gasteiger partial charge in [-0.25, -0.2) is 4.68 Å². The summed E-state index contributed by atoms with van der Waals surface area (Å²) in [4.78, 5) is 16.4. The van der Waals surface area contributed by atoms with Crippen molar-refractivity contribution in [2.75, 3.05) is 0 Å². The van der Waals surface area contributed by atoms with E-state index in [9.17, 15) is 4.79 Å². The van der Waals surface area contributed by atoms with Crippen LogP contribution in [0.15, 0.2) is 102 Å². The van der Waals surface area contributed by atoms with E-state index in [1.165, 1.54) is 6.08 Å². The first-order valence-electron chi connectivity index (χ1n) is 10.3. The lowest BCUT2D eigenvalue weighted by atomic mass is 10.2. The van der Waals surface area contributed by atoms with Gasteiger partial charge in [0.05, 0.1) is 5.69 Å². The Hall–Kier alpha value is -4.45. The number of hydrogen-bond acceptors (Lipinski definition) is 4. The molecule has 5 aromatic rings. The smallest absolute Gasteiger partial charge is 0.244 e. The Labute approximate surface area is 184 Å². The Bertz CT molecular complexity index is 1350. The highest BCUT2D eigenvalue weighted by Crippen LogP contribution is 2.30. The summed E-state index contributed by atoms with van der Waals surface area (Å²) in [6.07, 6.45) is 8.59. The third kappa shape index (κ3) is 4.20. The fourth-order valence-electron chi connectivity index (χ4n) is 3.43. The summed E-state index contributed by atoms with van der Waals surface area (Å²) < 4.78 is 7.83. The zero-order chi connectivity index (χ0) is 21.8. The van der Waals surface area contributed by atoms with Gasteiger partial charge < -0.3 is 9.73 Å². The van der Waals surface area contributed by atoms with Crippen LogP contribution < -0.4 is 5.32 Å². The third-order valence-electron chi connectivity index (χ3n) is 5.03. The van der Waals surface area contributed by atoms with E-state index in [0.29, 0.717) is 18.0 Å². The zero-order valence-corrected chi connectivity index (χ0v) is 17.2.